The second kappa shape index (κ2) is 13.1. The number of aliphatic hydroxyl groups excluding tert-OH is 12. The molecule has 2 saturated heterocycles. The molecule has 14 atom stereocenters. The maximum absolute atomic E-state index is 10.2. The summed E-state index contributed by atoms with van der Waals surface area (Å²) in [7, 11) is 0. The highest BCUT2D eigenvalue weighted by atomic mass is 16.7. The molecule has 0 aromatic heterocycles. The van der Waals surface area contributed by atoms with Crippen LogP contribution < -0.4 is 0 Å². The van der Waals surface area contributed by atoms with Crippen LogP contribution in [0.1, 0.15) is 0 Å². The number of hydrogen-bond donors (Lipinski definition) is 12. The number of rotatable bonds is 11. The predicted octanol–water partition coefficient (Wildman–Crippen LogP) is -7.94. The van der Waals surface area contributed by atoms with Gasteiger partial charge in [-0.2, -0.15) is 0 Å². The molecule has 2 aliphatic heterocycles. The number of aliphatic hydroxyl groups is 12. The lowest BCUT2D eigenvalue weighted by atomic mass is 9.98. The Morgan fingerprint density at radius 3 is 1.65 bits per heavy atom. The Kier molecular flexibility index (Phi) is 11.4. The zero-order valence-corrected chi connectivity index (χ0v) is 17.9. The summed E-state index contributed by atoms with van der Waals surface area (Å²) >= 11 is 0. The number of hydrogen-bond acceptors (Lipinski definition) is 16. The average Bonchev–Trinajstić information content (AvgIpc) is 2.84. The zero-order chi connectivity index (χ0) is 25.7. The van der Waals surface area contributed by atoms with Crippen LogP contribution in [0.25, 0.3) is 0 Å². The number of ether oxygens (including phenoxy) is 4. The standard InChI is InChI=1S/C18H34O16/c19-1-5(22)9(24)16(6(23)2-20)34-18-15(30)13(28)11(26)8(33-18)4-31-17-14(29)12(27)10(25)7(3-21)32-17/h5-30H,1-4H2. The lowest BCUT2D eigenvalue weighted by Crippen LogP contribution is -2.63. The molecule has 2 rings (SSSR count). The van der Waals surface area contributed by atoms with Crippen LogP contribution in [0.4, 0.5) is 0 Å². The molecule has 12 N–H and O–H groups in total. The highest BCUT2D eigenvalue weighted by Crippen LogP contribution is 2.27. The molecule has 0 amide bonds. The van der Waals surface area contributed by atoms with Gasteiger partial charge in [-0.1, -0.05) is 0 Å². The minimum atomic E-state index is -1.96. The summed E-state index contributed by atoms with van der Waals surface area (Å²) in [5.41, 5.74) is 0. The lowest BCUT2D eigenvalue weighted by Gasteiger charge is -2.44. The first-order valence-corrected chi connectivity index (χ1v) is 10.5. The monoisotopic (exact) mass is 506 g/mol. The fraction of sp³-hybridized carbons (Fsp3) is 1.00. The first-order valence-electron chi connectivity index (χ1n) is 10.5. The van der Waals surface area contributed by atoms with Gasteiger partial charge in [-0.05, 0) is 0 Å². The van der Waals surface area contributed by atoms with Gasteiger partial charge in [0.15, 0.2) is 12.6 Å². The van der Waals surface area contributed by atoms with Crippen molar-refractivity contribution < 1.29 is 80.2 Å². The summed E-state index contributed by atoms with van der Waals surface area (Å²) in [6, 6.07) is 0. The van der Waals surface area contributed by atoms with Crippen LogP contribution in [0.15, 0.2) is 0 Å². The summed E-state index contributed by atoms with van der Waals surface area (Å²) in [4.78, 5) is 0. The maximum Gasteiger partial charge on any atom is 0.187 e. The molecule has 2 heterocycles. The van der Waals surface area contributed by atoms with Crippen LogP contribution in [-0.2, 0) is 18.9 Å². The van der Waals surface area contributed by atoms with Crippen molar-refractivity contribution in [3.05, 3.63) is 0 Å². The third kappa shape index (κ3) is 6.56. The molecule has 0 saturated carbocycles. The third-order valence-electron chi connectivity index (χ3n) is 5.72. The highest BCUT2D eigenvalue weighted by molar-refractivity contribution is 4.93. The molecule has 2 aliphatic rings. The molecule has 0 spiro atoms. The van der Waals surface area contributed by atoms with E-state index in [1.807, 2.05) is 0 Å². The summed E-state index contributed by atoms with van der Waals surface area (Å²) in [6.45, 7) is -3.27. The fourth-order valence-corrected chi connectivity index (χ4v) is 3.55. The van der Waals surface area contributed by atoms with Gasteiger partial charge in [0, 0.05) is 0 Å². The van der Waals surface area contributed by atoms with Crippen molar-refractivity contribution >= 4 is 0 Å². The van der Waals surface area contributed by atoms with Crippen LogP contribution in [0, 0.1) is 0 Å². The fourth-order valence-electron chi connectivity index (χ4n) is 3.55. The van der Waals surface area contributed by atoms with E-state index in [4.69, 9.17) is 24.1 Å². The van der Waals surface area contributed by atoms with Gasteiger partial charge in [0.05, 0.1) is 26.4 Å². The van der Waals surface area contributed by atoms with E-state index in [2.05, 4.69) is 0 Å². The molecule has 34 heavy (non-hydrogen) atoms. The second-order valence-electron chi connectivity index (χ2n) is 8.14. The van der Waals surface area contributed by atoms with E-state index in [9.17, 15) is 56.2 Å². The molecule has 14 unspecified atom stereocenters. The molecule has 0 aromatic rings. The Bertz CT molecular complexity index is 596. The van der Waals surface area contributed by atoms with Crippen molar-refractivity contribution in [1.82, 2.24) is 0 Å². The van der Waals surface area contributed by atoms with E-state index in [0.29, 0.717) is 0 Å². The van der Waals surface area contributed by atoms with E-state index in [1.54, 1.807) is 0 Å². The van der Waals surface area contributed by atoms with E-state index in [-0.39, 0.29) is 0 Å². The van der Waals surface area contributed by atoms with Gasteiger partial charge in [0.1, 0.15) is 73.2 Å². The molecule has 16 nitrogen and oxygen atoms in total. The van der Waals surface area contributed by atoms with Gasteiger partial charge < -0.3 is 80.2 Å². The molecule has 0 aliphatic carbocycles. The van der Waals surface area contributed by atoms with E-state index in [0.717, 1.165) is 0 Å². The maximum atomic E-state index is 10.2. The summed E-state index contributed by atoms with van der Waals surface area (Å²) in [6.07, 6.45) is -24.4. The first kappa shape index (κ1) is 29.6. The lowest BCUT2D eigenvalue weighted by molar-refractivity contribution is -0.344. The molecule has 0 aromatic carbocycles. The Morgan fingerprint density at radius 2 is 1.12 bits per heavy atom. The minimum Gasteiger partial charge on any atom is -0.394 e. The van der Waals surface area contributed by atoms with E-state index in [1.165, 1.54) is 0 Å². The third-order valence-corrected chi connectivity index (χ3v) is 5.72. The molecule has 2 fully saturated rings. The Balaban J connectivity index is 2.10. The SMILES string of the molecule is OCC(O)C(O)C(OC1OC(COC2OC(CO)C(O)C(O)C2O)C(O)C(O)C1O)C(O)CO. The van der Waals surface area contributed by atoms with Crippen molar-refractivity contribution in [3.63, 3.8) is 0 Å². The van der Waals surface area contributed by atoms with Crippen molar-refractivity contribution in [2.75, 3.05) is 26.4 Å². The zero-order valence-electron chi connectivity index (χ0n) is 17.9. The van der Waals surface area contributed by atoms with Crippen molar-refractivity contribution in [2.24, 2.45) is 0 Å². The summed E-state index contributed by atoms with van der Waals surface area (Å²) in [5.74, 6) is 0. The van der Waals surface area contributed by atoms with Crippen LogP contribution in [0.2, 0.25) is 0 Å². The van der Waals surface area contributed by atoms with Crippen molar-refractivity contribution in [3.8, 4) is 0 Å². The normalized spacial score (nSPS) is 42.7. The van der Waals surface area contributed by atoms with Gasteiger partial charge in [-0.25, -0.2) is 0 Å². The molecule has 0 radical (unpaired) electrons. The Morgan fingerprint density at radius 1 is 0.618 bits per heavy atom. The first-order chi connectivity index (χ1) is 16.0. The molecular weight excluding hydrogens is 472 g/mol. The van der Waals surface area contributed by atoms with Gasteiger partial charge in [-0.3, -0.25) is 0 Å². The Hall–Kier alpha value is -0.640. The molecular formula is C18H34O16. The van der Waals surface area contributed by atoms with Crippen LogP contribution in [0.5, 0.6) is 0 Å². The van der Waals surface area contributed by atoms with Gasteiger partial charge in [0.2, 0.25) is 0 Å². The predicted molar refractivity (Wildman–Crippen MR) is 103 cm³/mol. The van der Waals surface area contributed by atoms with Gasteiger partial charge in [-0.15, -0.1) is 0 Å². The molecule has 16 heteroatoms. The summed E-state index contributed by atoms with van der Waals surface area (Å²) < 4.78 is 21.0. The average molecular weight is 506 g/mol. The van der Waals surface area contributed by atoms with Gasteiger partial charge >= 0.3 is 0 Å². The van der Waals surface area contributed by atoms with E-state index >= 15 is 0 Å². The minimum absolute atomic E-state index is 0.650. The van der Waals surface area contributed by atoms with Crippen molar-refractivity contribution in [2.45, 2.75) is 85.8 Å². The highest BCUT2D eigenvalue weighted by Gasteiger charge is 2.49. The smallest absolute Gasteiger partial charge is 0.187 e. The molecule has 0 bridgehead atoms. The summed E-state index contributed by atoms with van der Waals surface area (Å²) in [5, 5.41) is 117. The van der Waals surface area contributed by atoms with Crippen molar-refractivity contribution in [1.29, 1.82) is 0 Å². The van der Waals surface area contributed by atoms with Crippen LogP contribution in [-0.4, -0.2) is 174 Å². The van der Waals surface area contributed by atoms with Crippen LogP contribution in [0.3, 0.4) is 0 Å². The quantitative estimate of drug-likeness (QED) is 0.124. The Labute approximate surface area is 193 Å². The van der Waals surface area contributed by atoms with Crippen LogP contribution >= 0.6 is 0 Å². The van der Waals surface area contributed by atoms with Gasteiger partial charge in [0.25, 0.3) is 0 Å². The van der Waals surface area contributed by atoms with E-state index < -0.39 is 112 Å². The topological polar surface area (TPSA) is 280 Å². The second-order valence-corrected chi connectivity index (χ2v) is 8.14. The molecule has 202 valence electrons. The largest absolute Gasteiger partial charge is 0.394 e.